The lowest BCUT2D eigenvalue weighted by Crippen LogP contribution is -2.16. The molecule has 0 aliphatic heterocycles. The molecule has 0 aliphatic rings. The number of rotatable bonds is 12. The highest BCUT2D eigenvalue weighted by Gasteiger charge is 2.11. The number of nitrogens with zero attached hydrogens (tertiary/aromatic N) is 4. The minimum absolute atomic E-state index is 0.433. The highest BCUT2D eigenvalue weighted by atomic mass is 79.9. The van der Waals surface area contributed by atoms with Crippen LogP contribution in [0.5, 0.6) is 11.5 Å². The zero-order chi connectivity index (χ0) is 24.5. The molecule has 0 saturated heterocycles. The Morgan fingerprint density at radius 2 is 1.86 bits per heavy atom. The molecule has 0 aliphatic carbocycles. The van der Waals surface area contributed by atoms with Gasteiger partial charge in [-0.3, -0.25) is 0 Å². The molecule has 182 valence electrons. The number of methoxy groups -OCH3 is 1. The number of thioether (sulfide) groups is 1. The first-order valence-electron chi connectivity index (χ1n) is 11.0. The van der Waals surface area contributed by atoms with Crippen LogP contribution in [0.25, 0.3) is 5.69 Å². The molecule has 7 nitrogen and oxygen atoms in total. The number of ether oxygens (including phenoxy) is 2. The van der Waals surface area contributed by atoms with E-state index in [9.17, 15) is 0 Å². The molecule has 0 atom stereocenters. The van der Waals surface area contributed by atoms with Gasteiger partial charge in [0.15, 0.2) is 11.5 Å². The van der Waals surface area contributed by atoms with Crippen molar-refractivity contribution in [3.8, 4) is 17.2 Å². The topological polar surface area (TPSA) is 74.1 Å². The van der Waals surface area contributed by atoms with Crippen molar-refractivity contribution in [2.24, 2.45) is 0 Å². The van der Waals surface area contributed by atoms with Crippen molar-refractivity contribution in [3.05, 3.63) is 87.4 Å². The molecule has 10 heteroatoms. The van der Waals surface area contributed by atoms with Gasteiger partial charge in [-0.25, -0.2) is 0 Å². The standard InChI is InChI=1S/C25H25BrClN5O2S/c1-33-23-14-19(22(26)15-24(23)34-17-18-8-10-20(27)11-9-18)16-28-12-5-13-35-25-29-30-31-32(25)21-6-3-2-4-7-21/h2-4,6-11,14-15,28H,5,12-13,16-17H2,1H3. The van der Waals surface area contributed by atoms with Crippen molar-refractivity contribution in [2.75, 3.05) is 19.4 Å². The van der Waals surface area contributed by atoms with Crippen molar-refractivity contribution < 1.29 is 9.47 Å². The normalized spacial score (nSPS) is 10.9. The van der Waals surface area contributed by atoms with Gasteiger partial charge >= 0.3 is 0 Å². The second kappa shape index (κ2) is 12.9. The van der Waals surface area contributed by atoms with E-state index < -0.39 is 0 Å². The second-order valence-electron chi connectivity index (χ2n) is 7.60. The molecule has 35 heavy (non-hydrogen) atoms. The zero-order valence-corrected chi connectivity index (χ0v) is 22.3. The van der Waals surface area contributed by atoms with Gasteiger partial charge < -0.3 is 14.8 Å². The first kappa shape index (κ1) is 25.5. The Labute approximate surface area is 222 Å². The summed E-state index contributed by atoms with van der Waals surface area (Å²) in [5.74, 6) is 2.29. The Balaban J connectivity index is 1.24. The lowest BCUT2D eigenvalue weighted by molar-refractivity contribution is 0.284. The third-order valence-electron chi connectivity index (χ3n) is 5.13. The summed E-state index contributed by atoms with van der Waals surface area (Å²) in [4.78, 5) is 0. The summed E-state index contributed by atoms with van der Waals surface area (Å²) in [6, 6.07) is 21.4. The lowest BCUT2D eigenvalue weighted by atomic mass is 10.2. The summed E-state index contributed by atoms with van der Waals surface area (Å²) in [6.07, 6.45) is 0.976. The maximum Gasteiger partial charge on any atom is 0.214 e. The average Bonchev–Trinajstić information content (AvgIpc) is 3.35. The number of halogens is 2. The van der Waals surface area contributed by atoms with E-state index >= 15 is 0 Å². The molecule has 0 amide bonds. The molecule has 3 aromatic carbocycles. The molecule has 1 N–H and O–H groups in total. The fraction of sp³-hybridized carbons (Fsp3) is 0.240. The summed E-state index contributed by atoms with van der Waals surface area (Å²) in [7, 11) is 1.65. The highest BCUT2D eigenvalue weighted by molar-refractivity contribution is 9.10. The first-order valence-corrected chi connectivity index (χ1v) is 13.2. The van der Waals surface area contributed by atoms with Crippen LogP contribution in [0.15, 0.2) is 76.4 Å². The number of hydrogen-bond acceptors (Lipinski definition) is 7. The van der Waals surface area contributed by atoms with Crippen molar-refractivity contribution in [2.45, 2.75) is 24.7 Å². The predicted octanol–water partition coefficient (Wildman–Crippen LogP) is 5.94. The molecule has 0 radical (unpaired) electrons. The van der Waals surface area contributed by atoms with Crippen molar-refractivity contribution in [3.63, 3.8) is 0 Å². The van der Waals surface area contributed by atoms with Gasteiger partial charge in [0.2, 0.25) is 5.16 Å². The SMILES string of the molecule is COc1cc(CNCCCSc2nnnn2-c2ccccc2)c(Br)cc1OCc1ccc(Cl)cc1. The highest BCUT2D eigenvalue weighted by Crippen LogP contribution is 2.34. The Hall–Kier alpha value is -2.59. The molecule has 0 saturated carbocycles. The van der Waals surface area contributed by atoms with Gasteiger partial charge in [0, 0.05) is 21.8 Å². The largest absolute Gasteiger partial charge is 0.493 e. The average molecular weight is 575 g/mol. The number of hydrogen-bond donors (Lipinski definition) is 1. The van der Waals surface area contributed by atoms with E-state index in [2.05, 4.69) is 36.8 Å². The minimum Gasteiger partial charge on any atom is -0.493 e. The zero-order valence-electron chi connectivity index (χ0n) is 19.2. The fourth-order valence-corrected chi connectivity index (χ4v) is 4.73. The Morgan fingerprint density at radius 3 is 2.63 bits per heavy atom. The number of benzene rings is 3. The van der Waals surface area contributed by atoms with Crippen LogP contribution in [0.1, 0.15) is 17.5 Å². The van der Waals surface area contributed by atoms with Gasteiger partial charge in [0.25, 0.3) is 0 Å². The number of aromatic nitrogens is 4. The minimum atomic E-state index is 0.433. The van der Waals surface area contributed by atoms with E-state index in [1.54, 1.807) is 23.6 Å². The van der Waals surface area contributed by atoms with Crippen molar-refractivity contribution in [1.82, 2.24) is 25.5 Å². The summed E-state index contributed by atoms with van der Waals surface area (Å²) in [5, 5.41) is 17.0. The van der Waals surface area contributed by atoms with Gasteiger partial charge in [-0.05, 0) is 70.9 Å². The van der Waals surface area contributed by atoms with Crippen LogP contribution < -0.4 is 14.8 Å². The van der Waals surface area contributed by atoms with Crippen LogP contribution >= 0.6 is 39.3 Å². The molecule has 0 unspecified atom stereocenters. The molecule has 0 bridgehead atoms. The van der Waals surface area contributed by atoms with Crippen LogP contribution in [0.4, 0.5) is 0 Å². The van der Waals surface area contributed by atoms with E-state index in [-0.39, 0.29) is 0 Å². The van der Waals surface area contributed by atoms with Gasteiger partial charge in [-0.15, -0.1) is 5.10 Å². The van der Waals surface area contributed by atoms with Crippen molar-refractivity contribution in [1.29, 1.82) is 0 Å². The molecule has 4 aromatic rings. The number of nitrogens with one attached hydrogen (secondary N) is 1. The summed E-state index contributed by atoms with van der Waals surface area (Å²) < 4.78 is 14.3. The van der Waals surface area contributed by atoms with Crippen LogP contribution in [0.3, 0.4) is 0 Å². The smallest absolute Gasteiger partial charge is 0.214 e. The Morgan fingerprint density at radius 1 is 1.06 bits per heavy atom. The van der Waals surface area contributed by atoms with Crippen LogP contribution in [-0.2, 0) is 13.2 Å². The van der Waals surface area contributed by atoms with Crippen LogP contribution in [0.2, 0.25) is 5.02 Å². The van der Waals surface area contributed by atoms with E-state index in [0.717, 1.165) is 45.2 Å². The third-order valence-corrected chi connectivity index (χ3v) is 7.12. The van der Waals surface area contributed by atoms with E-state index in [1.807, 2.05) is 66.7 Å². The fourth-order valence-electron chi connectivity index (χ4n) is 3.31. The van der Waals surface area contributed by atoms with Gasteiger partial charge in [0.05, 0.1) is 12.8 Å². The van der Waals surface area contributed by atoms with Crippen LogP contribution in [0, 0.1) is 0 Å². The number of para-hydroxylation sites is 1. The van der Waals surface area contributed by atoms with Crippen molar-refractivity contribution >= 4 is 39.3 Å². The first-order chi connectivity index (χ1) is 17.1. The molecule has 1 heterocycles. The molecular weight excluding hydrogens is 550 g/mol. The molecule has 0 fully saturated rings. The lowest BCUT2D eigenvalue weighted by Gasteiger charge is -2.14. The van der Waals surface area contributed by atoms with E-state index in [4.69, 9.17) is 21.1 Å². The summed E-state index contributed by atoms with van der Waals surface area (Å²) in [5.41, 5.74) is 3.09. The molecular formula is C25H25BrClN5O2S. The second-order valence-corrected chi connectivity index (χ2v) is 9.95. The molecule has 4 rings (SSSR count). The number of tetrazole rings is 1. The molecule has 1 aromatic heterocycles. The maximum atomic E-state index is 5.98. The predicted molar refractivity (Wildman–Crippen MR) is 143 cm³/mol. The van der Waals surface area contributed by atoms with E-state index in [0.29, 0.717) is 29.7 Å². The summed E-state index contributed by atoms with van der Waals surface area (Å²) >= 11 is 11.3. The van der Waals surface area contributed by atoms with Gasteiger partial charge in [-0.2, -0.15) is 4.68 Å². The quantitative estimate of drug-likeness (QED) is 0.166. The van der Waals surface area contributed by atoms with Gasteiger partial charge in [0.1, 0.15) is 6.61 Å². The third kappa shape index (κ3) is 7.20. The van der Waals surface area contributed by atoms with Crippen LogP contribution in [-0.4, -0.2) is 39.6 Å². The Kier molecular flexibility index (Phi) is 9.42. The Bertz CT molecular complexity index is 1220. The summed E-state index contributed by atoms with van der Waals surface area (Å²) in [6.45, 7) is 2.01. The molecule has 0 spiro atoms. The van der Waals surface area contributed by atoms with E-state index in [1.165, 1.54) is 0 Å². The maximum absolute atomic E-state index is 5.98. The monoisotopic (exact) mass is 573 g/mol. The van der Waals surface area contributed by atoms with Gasteiger partial charge in [-0.1, -0.05) is 69.6 Å².